The number of hydrogen-bond donors (Lipinski definition) is 1. The van der Waals surface area contributed by atoms with Gasteiger partial charge in [-0.05, 0) is 48.9 Å². The molecule has 1 N–H and O–H groups in total. The minimum absolute atomic E-state index is 0.00848. The van der Waals surface area contributed by atoms with Crippen LogP contribution in [0.2, 0.25) is 0 Å². The summed E-state index contributed by atoms with van der Waals surface area (Å²) in [6.45, 7) is 1.41. The van der Waals surface area contributed by atoms with Crippen LogP contribution in [0.4, 0.5) is 0 Å². The number of aromatic nitrogens is 1. The summed E-state index contributed by atoms with van der Waals surface area (Å²) in [5, 5.41) is 3.08. The Kier molecular flexibility index (Phi) is 4.69. The van der Waals surface area contributed by atoms with Crippen molar-refractivity contribution in [3.63, 3.8) is 0 Å². The van der Waals surface area contributed by atoms with Crippen molar-refractivity contribution < 1.29 is 9.59 Å². The molecule has 2 aromatic rings. The number of hydrogen-bond acceptors (Lipinski definition) is 3. The fourth-order valence-corrected chi connectivity index (χ4v) is 4.05. The molecule has 5 nitrogen and oxygen atoms in total. The highest BCUT2D eigenvalue weighted by Crippen LogP contribution is 2.34. The van der Waals surface area contributed by atoms with E-state index in [2.05, 4.69) is 22.4 Å². The van der Waals surface area contributed by atoms with E-state index in [0.29, 0.717) is 18.7 Å². The van der Waals surface area contributed by atoms with Crippen molar-refractivity contribution in [1.82, 2.24) is 15.2 Å². The molecule has 2 amide bonds. The first-order valence-corrected chi connectivity index (χ1v) is 9.30. The smallest absolute Gasteiger partial charge is 0.251 e. The van der Waals surface area contributed by atoms with Gasteiger partial charge in [0.05, 0.1) is 5.92 Å². The molecule has 0 spiro atoms. The Balaban J connectivity index is 1.33. The van der Waals surface area contributed by atoms with Crippen LogP contribution in [0.15, 0.2) is 48.8 Å². The Morgan fingerprint density at radius 1 is 1.00 bits per heavy atom. The Hall–Kier alpha value is -2.69. The fourth-order valence-electron chi connectivity index (χ4n) is 4.05. The number of piperidine rings is 1. The zero-order chi connectivity index (χ0) is 17.9. The number of fused-ring (bicyclic) bond motifs is 1. The number of benzene rings is 1. The number of likely N-dealkylation sites (tertiary alicyclic amines) is 1. The first kappa shape index (κ1) is 16.8. The van der Waals surface area contributed by atoms with Crippen molar-refractivity contribution in [2.75, 3.05) is 13.1 Å². The Morgan fingerprint density at radius 3 is 2.50 bits per heavy atom. The summed E-state index contributed by atoms with van der Waals surface area (Å²) in [5.74, 6) is 0.185. The molecule has 2 aliphatic rings. The molecular weight excluding hydrogens is 326 g/mol. The first-order chi connectivity index (χ1) is 12.7. The topological polar surface area (TPSA) is 62.3 Å². The summed E-state index contributed by atoms with van der Waals surface area (Å²) in [7, 11) is 0. The number of carbonyl (C=O) groups is 2. The largest absolute Gasteiger partial charge is 0.349 e. The summed E-state index contributed by atoms with van der Waals surface area (Å²) < 4.78 is 0. The van der Waals surface area contributed by atoms with Crippen LogP contribution in [-0.4, -0.2) is 40.8 Å². The van der Waals surface area contributed by atoms with Gasteiger partial charge in [-0.15, -0.1) is 0 Å². The number of amides is 2. The monoisotopic (exact) mass is 349 g/mol. The number of nitrogens with zero attached hydrogens (tertiary/aromatic N) is 2. The van der Waals surface area contributed by atoms with Crippen molar-refractivity contribution in [3.8, 4) is 0 Å². The van der Waals surface area contributed by atoms with Crippen molar-refractivity contribution in [3.05, 3.63) is 65.5 Å². The molecule has 1 atom stereocenters. The van der Waals surface area contributed by atoms with Gasteiger partial charge in [0.15, 0.2) is 0 Å². The molecule has 134 valence electrons. The number of nitrogens with one attached hydrogen (secondary N) is 1. The van der Waals surface area contributed by atoms with Crippen LogP contribution in [0.1, 0.15) is 46.7 Å². The van der Waals surface area contributed by atoms with E-state index in [-0.39, 0.29) is 23.8 Å². The van der Waals surface area contributed by atoms with Gasteiger partial charge in [0.2, 0.25) is 5.91 Å². The average molecular weight is 349 g/mol. The lowest BCUT2D eigenvalue weighted by atomic mass is 9.97. The highest BCUT2D eigenvalue weighted by Gasteiger charge is 2.33. The Morgan fingerprint density at radius 2 is 1.73 bits per heavy atom. The molecule has 1 aliphatic carbocycles. The molecule has 5 heteroatoms. The summed E-state index contributed by atoms with van der Waals surface area (Å²) in [6.07, 6.45) is 6.75. The van der Waals surface area contributed by atoms with Crippen LogP contribution in [0.5, 0.6) is 0 Å². The SMILES string of the molecule is O=C(NC1CCN(C(=O)C2CCc3ccccc32)CC1)c1ccncc1. The molecule has 1 saturated heterocycles. The van der Waals surface area contributed by atoms with Crippen LogP contribution in [0, 0.1) is 0 Å². The minimum atomic E-state index is -0.0677. The number of rotatable bonds is 3. The number of carbonyl (C=O) groups excluding carboxylic acids is 2. The van der Waals surface area contributed by atoms with Crippen LogP contribution < -0.4 is 5.32 Å². The maximum atomic E-state index is 12.9. The Labute approximate surface area is 153 Å². The van der Waals surface area contributed by atoms with E-state index in [0.717, 1.165) is 25.7 Å². The molecule has 1 aromatic heterocycles. The Bertz CT molecular complexity index is 798. The molecule has 1 fully saturated rings. The van der Waals surface area contributed by atoms with Gasteiger partial charge in [-0.2, -0.15) is 0 Å². The van der Waals surface area contributed by atoms with Crippen LogP contribution in [-0.2, 0) is 11.2 Å². The summed E-state index contributed by atoms with van der Waals surface area (Å²) in [6, 6.07) is 11.8. The summed E-state index contributed by atoms with van der Waals surface area (Å²) in [4.78, 5) is 31.1. The summed E-state index contributed by atoms with van der Waals surface area (Å²) >= 11 is 0. The van der Waals surface area contributed by atoms with Crippen molar-refractivity contribution in [1.29, 1.82) is 0 Å². The summed E-state index contributed by atoms with van der Waals surface area (Å²) in [5.41, 5.74) is 3.14. The fraction of sp³-hybridized carbons (Fsp3) is 0.381. The molecule has 4 rings (SSSR count). The average Bonchev–Trinajstić information content (AvgIpc) is 3.13. The highest BCUT2D eigenvalue weighted by molar-refractivity contribution is 5.94. The lowest BCUT2D eigenvalue weighted by Gasteiger charge is -2.34. The highest BCUT2D eigenvalue weighted by atomic mass is 16.2. The number of aryl methyl sites for hydroxylation is 1. The van der Waals surface area contributed by atoms with E-state index in [9.17, 15) is 9.59 Å². The van der Waals surface area contributed by atoms with Gasteiger partial charge in [0.1, 0.15) is 0 Å². The first-order valence-electron chi connectivity index (χ1n) is 9.30. The second-order valence-electron chi connectivity index (χ2n) is 7.10. The maximum absolute atomic E-state index is 12.9. The quantitative estimate of drug-likeness (QED) is 0.926. The van der Waals surface area contributed by atoms with Crippen molar-refractivity contribution >= 4 is 11.8 Å². The van der Waals surface area contributed by atoms with E-state index < -0.39 is 0 Å². The van der Waals surface area contributed by atoms with E-state index >= 15 is 0 Å². The molecule has 1 aromatic carbocycles. The van der Waals surface area contributed by atoms with Gasteiger partial charge < -0.3 is 10.2 Å². The third kappa shape index (κ3) is 3.34. The lowest BCUT2D eigenvalue weighted by Crippen LogP contribution is -2.47. The molecule has 0 radical (unpaired) electrons. The van der Waals surface area contributed by atoms with E-state index in [1.807, 2.05) is 17.0 Å². The molecule has 0 saturated carbocycles. The van der Waals surface area contributed by atoms with Crippen molar-refractivity contribution in [2.45, 2.75) is 37.6 Å². The third-order valence-electron chi connectivity index (χ3n) is 5.52. The minimum Gasteiger partial charge on any atom is -0.349 e. The van der Waals surface area contributed by atoms with Gasteiger partial charge in [-0.1, -0.05) is 24.3 Å². The number of pyridine rings is 1. The molecule has 1 unspecified atom stereocenters. The van der Waals surface area contributed by atoms with Crippen molar-refractivity contribution in [2.24, 2.45) is 0 Å². The predicted molar refractivity (Wildman–Crippen MR) is 98.8 cm³/mol. The van der Waals surface area contributed by atoms with Crippen LogP contribution in [0.3, 0.4) is 0 Å². The van der Waals surface area contributed by atoms with E-state index in [4.69, 9.17) is 0 Å². The molecule has 0 bridgehead atoms. The van der Waals surface area contributed by atoms with Gasteiger partial charge >= 0.3 is 0 Å². The maximum Gasteiger partial charge on any atom is 0.251 e. The third-order valence-corrected chi connectivity index (χ3v) is 5.52. The normalized spacial score (nSPS) is 19.8. The lowest BCUT2D eigenvalue weighted by molar-refractivity contribution is -0.133. The standard InChI is InChI=1S/C21H23N3O2/c25-20(16-7-11-22-12-8-16)23-17-9-13-24(14-10-17)21(26)19-6-5-15-3-1-2-4-18(15)19/h1-4,7-8,11-12,17,19H,5-6,9-10,13-14H2,(H,23,25). The van der Waals surface area contributed by atoms with Gasteiger partial charge in [0.25, 0.3) is 5.91 Å². The second kappa shape index (κ2) is 7.28. The molecular formula is C21H23N3O2. The zero-order valence-electron chi connectivity index (χ0n) is 14.7. The van der Waals surface area contributed by atoms with Crippen LogP contribution >= 0.6 is 0 Å². The molecule has 26 heavy (non-hydrogen) atoms. The van der Waals surface area contributed by atoms with E-state index in [1.165, 1.54) is 11.1 Å². The predicted octanol–water partition coefficient (Wildman–Crippen LogP) is 2.53. The van der Waals surface area contributed by atoms with Gasteiger partial charge in [-0.25, -0.2) is 0 Å². The van der Waals surface area contributed by atoms with Gasteiger partial charge in [0, 0.05) is 37.1 Å². The molecule has 2 heterocycles. The zero-order valence-corrected chi connectivity index (χ0v) is 14.7. The van der Waals surface area contributed by atoms with E-state index in [1.54, 1.807) is 24.5 Å². The molecule has 1 aliphatic heterocycles. The second-order valence-corrected chi connectivity index (χ2v) is 7.10. The van der Waals surface area contributed by atoms with Crippen LogP contribution in [0.25, 0.3) is 0 Å². The van der Waals surface area contributed by atoms with Gasteiger partial charge in [-0.3, -0.25) is 14.6 Å².